The van der Waals surface area contributed by atoms with Gasteiger partial charge in [-0.1, -0.05) is 13.8 Å². The molecule has 0 heterocycles. The first kappa shape index (κ1) is 11.0. The van der Waals surface area contributed by atoms with Crippen LogP contribution in [0.4, 0.5) is 0 Å². The van der Waals surface area contributed by atoms with Gasteiger partial charge in [0.25, 0.3) is 0 Å². The van der Waals surface area contributed by atoms with Crippen LogP contribution in [-0.4, -0.2) is 12.6 Å². The van der Waals surface area contributed by atoms with Crippen LogP contribution >= 0.6 is 0 Å². The summed E-state index contributed by atoms with van der Waals surface area (Å²) in [6, 6.07) is 2.12. The second-order valence-corrected chi connectivity index (χ2v) is 4.33. The number of hydrogen-bond acceptors (Lipinski definition) is 3. The monoisotopic (exact) mass is 195 g/mol. The van der Waals surface area contributed by atoms with Crippen molar-refractivity contribution in [1.82, 2.24) is 0 Å². The Morgan fingerprint density at radius 3 is 2.79 bits per heavy atom. The minimum absolute atomic E-state index is 0.214. The topological polar surface area (TPSA) is 50.1 Å². The molecule has 0 aliphatic heterocycles. The lowest BCUT2D eigenvalue weighted by molar-refractivity contribution is -0.147. The summed E-state index contributed by atoms with van der Waals surface area (Å²) in [5.41, 5.74) is -0.805. The normalized spacial score (nSPS) is 29.8. The van der Waals surface area contributed by atoms with Crippen molar-refractivity contribution in [3.05, 3.63) is 0 Å². The Kier molecular flexibility index (Phi) is 3.15. The maximum Gasteiger partial charge on any atom is 0.326 e. The van der Waals surface area contributed by atoms with Gasteiger partial charge in [-0.05, 0) is 31.6 Å². The number of carbonyl (C=O) groups is 1. The van der Waals surface area contributed by atoms with Gasteiger partial charge in [-0.2, -0.15) is 5.26 Å². The summed E-state index contributed by atoms with van der Waals surface area (Å²) in [4.78, 5) is 11.5. The zero-order chi connectivity index (χ0) is 10.8. The number of esters is 1. The number of rotatable bonds is 4. The van der Waals surface area contributed by atoms with E-state index in [1.165, 1.54) is 0 Å². The fourth-order valence-electron chi connectivity index (χ4n) is 1.88. The van der Waals surface area contributed by atoms with Gasteiger partial charge >= 0.3 is 5.97 Å². The molecule has 0 aromatic carbocycles. The van der Waals surface area contributed by atoms with E-state index in [4.69, 9.17) is 10.00 Å². The predicted molar refractivity (Wildman–Crippen MR) is 52.2 cm³/mol. The van der Waals surface area contributed by atoms with Crippen molar-refractivity contribution in [2.75, 3.05) is 6.61 Å². The number of nitriles is 1. The first-order valence-corrected chi connectivity index (χ1v) is 5.15. The second-order valence-electron chi connectivity index (χ2n) is 4.33. The molecule has 1 aliphatic rings. The Morgan fingerprint density at radius 2 is 2.36 bits per heavy atom. The smallest absolute Gasteiger partial charge is 0.326 e. The Bertz CT molecular complexity index is 267. The van der Waals surface area contributed by atoms with Crippen LogP contribution < -0.4 is 0 Å². The SMILES string of the molecule is CCOC(=O)C1(C#N)CC1CC(C)C. The van der Waals surface area contributed by atoms with Gasteiger partial charge in [0.1, 0.15) is 0 Å². The molecule has 0 aromatic rings. The van der Waals surface area contributed by atoms with Crippen LogP contribution in [0.15, 0.2) is 0 Å². The average Bonchev–Trinajstić information content (AvgIpc) is 2.79. The molecule has 1 rings (SSSR count). The van der Waals surface area contributed by atoms with Crippen LogP contribution in [-0.2, 0) is 9.53 Å². The van der Waals surface area contributed by atoms with E-state index >= 15 is 0 Å². The molecule has 14 heavy (non-hydrogen) atoms. The molecule has 3 nitrogen and oxygen atoms in total. The molecular formula is C11H17NO2. The molecule has 0 spiro atoms. The Hall–Kier alpha value is -1.04. The number of hydrogen-bond donors (Lipinski definition) is 0. The molecule has 0 bridgehead atoms. The Morgan fingerprint density at radius 1 is 1.71 bits per heavy atom. The zero-order valence-electron chi connectivity index (χ0n) is 9.04. The molecule has 1 fully saturated rings. The quantitative estimate of drug-likeness (QED) is 0.646. The van der Waals surface area contributed by atoms with Gasteiger partial charge < -0.3 is 4.74 Å². The predicted octanol–water partition coefficient (Wildman–Crippen LogP) is 2.13. The molecule has 1 aliphatic carbocycles. The lowest BCUT2D eigenvalue weighted by Crippen LogP contribution is -2.20. The van der Waals surface area contributed by atoms with Crippen molar-refractivity contribution in [2.45, 2.75) is 33.6 Å². The minimum atomic E-state index is -0.805. The van der Waals surface area contributed by atoms with Crippen LogP contribution in [0.3, 0.4) is 0 Å². The van der Waals surface area contributed by atoms with E-state index in [2.05, 4.69) is 19.9 Å². The lowest BCUT2D eigenvalue weighted by atomic mass is 9.99. The van der Waals surface area contributed by atoms with Gasteiger partial charge in [0.15, 0.2) is 5.41 Å². The lowest BCUT2D eigenvalue weighted by Gasteiger charge is -2.08. The first-order chi connectivity index (χ1) is 6.56. The number of carbonyl (C=O) groups excluding carboxylic acids is 1. The third-order valence-corrected chi connectivity index (χ3v) is 2.70. The highest BCUT2D eigenvalue weighted by molar-refractivity contribution is 5.84. The maximum absolute atomic E-state index is 11.5. The summed E-state index contributed by atoms with van der Waals surface area (Å²) in [5, 5.41) is 8.99. The maximum atomic E-state index is 11.5. The van der Waals surface area contributed by atoms with Gasteiger partial charge in [-0.3, -0.25) is 4.79 Å². The fourth-order valence-corrected chi connectivity index (χ4v) is 1.88. The van der Waals surface area contributed by atoms with Gasteiger partial charge in [-0.15, -0.1) is 0 Å². The van der Waals surface area contributed by atoms with Crippen LogP contribution in [0.25, 0.3) is 0 Å². The van der Waals surface area contributed by atoms with E-state index in [0.717, 1.165) is 6.42 Å². The first-order valence-electron chi connectivity index (χ1n) is 5.15. The average molecular weight is 195 g/mol. The van der Waals surface area contributed by atoms with Gasteiger partial charge in [-0.25, -0.2) is 0 Å². The van der Waals surface area contributed by atoms with Gasteiger partial charge in [0.2, 0.25) is 0 Å². The molecule has 0 aromatic heterocycles. The van der Waals surface area contributed by atoms with Crippen molar-refractivity contribution in [3.63, 3.8) is 0 Å². The third kappa shape index (κ3) is 1.89. The summed E-state index contributed by atoms with van der Waals surface area (Å²) in [5.74, 6) is 0.421. The molecule has 0 saturated heterocycles. The largest absolute Gasteiger partial charge is 0.465 e. The van der Waals surface area contributed by atoms with Crippen molar-refractivity contribution in [3.8, 4) is 6.07 Å². The van der Waals surface area contributed by atoms with Crippen LogP contribution in [0.1, 0.15) is 33.6 Å². The molecule has 0 radical (unpaired) electrons. The summed E-state index contributed by atoms with van der Waals surface area (Å²) in [6.45, 7) is 6.33. The standard InChI is InChI=1S/C11H17NO2/c1-4-14-10(13)11(7-12)6-9(11)5-8(2)3/h8-9H,4-6H2,1-3H3. The van der Waals surface area contributed by atoms with E-state index in [1.54, 1.807) is 6.92 Å². The molecule has 0 amide bonds. The molecule has 78 valence electrons. The van der Waals surface area contributed by atoms with E-state index in [-0.39, 0.29) is 11.9 Å². The molecule has 2 unspecified atom stereocenters. The fraction of sp³-hybridized carbons (Fsp3) is 0.818. The summed E-state index contributed by atoms with van der Waals surface area (Å²) in [6.07, 6.45) is 1.62. The zero-order valence-corrected chi connectivity index (χ0v) is 9.04. The second kappa shape index (κ2) is 4.00. The highest BCUT2D eigenvalue weighted by Gasteiger charge is 2.61. The Balaban J connectivity index is 2.57. The van der Waals surface area contributed by atoms with Gasteiger partial charge in [0.05, 0.1) is 12.7 Å². The molecule has 1 saturated carbocycles. The van der Waals surface area contributed by atoms with Crippen molar-refractivity contribution < 1.29 is 9.53 Å². The van der Waals surface area contributed by atoms with Crippen LogP contribution in [0.2, 0.25) is 0 Å². The van der Waals surface area contributed by atoms with Crippen molar-refractivity contribution in [1.29, 1.82) is 5.26 Å². The van der Waals surface area contributed by atoms with Crippen LogP contribution in [0.5, 0.6) is 0 Å². The van der Waals surface area contributed by atoms with E-state index in [0.29, 0.717) is 18.9 Å². The summed E-state index contributed by atoms with van der Waals surface area (Å²) in [7, 11) is 0. The molecular weight excluding hydrogens is 178 g/mol. The number of nitrogens with zero attached hydrogens (tertiary/aromatic N) is 1. The minimum Gasteiger partial charge on any atom is -0.465 e. The summed E-state index contributed by atoms with van der Waals surface area (Å²) < 4.78 is 4.91. The van der Waals surface area contributed by atoms with Crippen LogP contribution in [0, 0.1) is 28.6 Å². The highest BCUT2D eigenvalue weighted by atomic mass is 16.5. The number of ether oxygens (including phenoxy) is 1. The third-order valence-electron chi connectivity index (χ3n) is 2.70. The van der Waals surface area contributed by atoms with Crippen molar-refractivity contribution in [2.24, 2.45) is 17.3 Å². The van der Waals surface area contributed by atoms with E-state index < -0.39 is 5.41 Å². The molecule has 2 atom stereocenters. The van der Waals surface area contributed by atoms with Gasteiger partial charge in [0, 0.05) is 0 Å². The van der Waals surface area contributed by atoms with Crippen molar-refractivity contribution >= 4 is 5.97 Å². The highest BCUT2D eigenvalue weighted by Crippen LogP contribution is 2.55. The van der Waals surface area contributed by atoms with E-state index in [9.17, 15) is 4.79 Å². The Labute approximate surface area is 85.1 Å². The molecule has 0 N–H and O–H groups in total. The molecule has 3 heteroatoms. The summed E-state index contributed by atoms with van der Waals surface area (Å²) >= 11 is 0. The van der Waals surface area contributed by atoms with E-state index in [1.807, 2.05) is 0 Å².